The number of nitro benzene ring substituents is 1. The topological polar surface area (TPSA) is 79.6 Å². The molecule has 2 aromatic rings. The van der Waals surface area contributed by atoms with Crippen LogP contribution in [0, 0.1) is 28.9 Å². The lowest BCUT2D eigenvalue weighted by Gasteiger charge is -2.38. The van der Waals surface area contributed by atoms with Crippen LogP contribution in [0.3, 0.4) is 0 Å². The number of fused-ring (bicyclic) bond motifs is 1. The third-order valence-electron chi connectivity index (χ3n) is 6.27. The van der Waals surface area contributed by atoms with Gasteiger partial charge in [0.1, 0.15) is 0 Å². The van der Waals surface area contributed by atoms with Gasteiger partial charge >= 0.3 is 0 Å². The Bertz CT molecular complexity index is 937. The van der Waals surface area contributed by atoms with Crippen LogP contribution in [0.2, 0.25) is 0 Å². The number of para-hydroxylation sites is 1. The average Bonchev–Trinajstić information content (AvgIpc) is 2.72. The van der Waals surface area contributed by atoms with Crippen molar-refractivity contribution in [2.45, 2.75) is 39.5 Å². The number of non-ortho nitro benzene ring substituents is 1. The van der Waals surface area contributed by atoms with E-state index in [-0.39, 0.29) is 16.5 Å². The number of rotatable bonds is 3. The highest BCUT2D eigenvalue weighted by Gasteiger charge is 2.31. The normalized spacial score (nSPS) is 20.8. The zero-order valence-corrected chi connectivity index (χ0v) is 17.1. The molecule has 0 radical (unpaired) electrons. The molecule has 0 saturated carbocycles. The van der Waals surface area contributed by atoms with Gasteiger partial charge in [-0.25, -0.2) is 4.98 Å². The van der Waals surface area contributed by atoms with Gasteiger partial charge in [-0.05, 0) is 44.6 Å². The van der Waals surface area contributed by atoms with Crippen molar-refractivity contribution in [1.82, 2.24) is 9.88 Å². The van der Waals surface area contributed by atoms with Crippen LogP contribution in [0.15, 0.2) is 24.3 Å². The number of anilines is 1. The fraction of sp³-hybridized carbons (Fsp3) is 0.545. The molecular weight excluding hydrogens is 368 g/mol. The van der Waals surface area contributed by atoms with Crippen LogP contribution in [0.1, 0.15) is 38.3 Å². The van der Waals surface area contributed by atoms with E-state index >= 15 is 0 Å². The SMILES string of the molecule is Cc1cc(N2CCC(C(=O)N3CCCC(C)C3)CC2)c2cccc([N+](=O)[O-])c2n1. The highest BCUT2D eigenvalue weighted by molar-refractivity contribution is 5.97. The van der Waals surface area contributed by atoms with Crippen LogP contribution in [0.25, 0.3) is 10.9 Å². The van der Waals surface area contributed by atoms with Crippen LogP contribution in [-0.2, 0) is 4.79 Å². The lowest BCUT2D eigenvalue weighted by atomic mass is 9.92. The summed E-state index contributed by atoms with van der Waals surface area (Å²) in [5.41, 5.74) is 2.22. The first-order valence-electron chi connectivity index (χ1n) is 10.5. The maximum Gasteiger partial charge on any atom is 0.295 e. The molecule has 1 aromatic carbocycles. The molecule has 1 unspecified atom stereocenters. The molecule has 7 heteroatoms. The minimum Gasteiger partial charge on any atom is -0.371 e. The maximum atomic E-state index is 13.0. The molecule has 0 bridgehead atoms. The Labute approximate surface area is 170 Å². The number of aryl methyl sites for hydroxylation is 1. The molecule has 1 amide bonds. The minimum atomic E-state index is -0.372. The second-order valence-electron chi connectivity index (χ2n) is 8.51. The quantitative estimate of drug-likeness (QED) is 0.580. The standard InChI is InChI=1S/C22H28N4O3/c1-15-5-4-10-25(14-15)22(27)17-8-11-24(12-9-17)20-13-16(2)23-21-18(20)6-3-7-19(21)26(28)29/h3,6-7,13,15,17H,4-5,8-12,14H2,1-2H3. The minimum absolute atomic E-state index is 0.0386. The maximum absolute atomic E-state index is 13.0. The monoisotopic (exact) mass is 396 g/mol. The van der Waals surface area contributed by atoms with Gasteiger partial charge in [0.2, 0.25) is 5.91 Å². The molecule has 7 nitrogen and oxygen atoms in total. The number of amides is 1. The molecule has 2 fully saturated rings. The number of nitro groups is 1. The van der Waals surface area contributed by atoms with Crippen LogP contribution in [0.5, 0.6) is 0 Å². The number of pyridine rings is 1. The number of nitrogens with zero attached hydrogens (tertiary/aromatic N) is 4. The van der Waals surface area contributed by atoms with E-state index in [4.69, 9.17) is 0 Å². The molecule has 0 N–H and O–H groups in total. The first kappa shape index (κ1) is 19.6. The number of piperidine rings is 2. The number of likely N-dealkylation sites (tertiary alicyclic amines) is 1. The Kier molecular flexibility index (Phi) is 5.39. The third kappa shape index (κ3) is 3.91. The zero-order valence-electron chi connectivity index (χ0n) is 17.1. The smallest absolute Gasteiger partial charge is 0.295 e. The van der Waals surface area contributed by atoms with Gasteiger partial charge in [-0.3, -0.25) is 14.9 Å². The fourth-order valence-electron chi connectivity index (χ4n) is 4.76. The molecule has 0 aliphatic carbocycles. The number of benzene rings is 1. The summed E-state index contributed by atoms with van der Waals surface area (Å²) < 4.78 is 0. The van der Waals surface area contributed by atoms with E-state index in [9.17, 15) is 14.9 Å². The summed E-state index contributed by atoms with van der Waals surface area (Å²) in [6.07, 6.45) is 3.96. The molecule has 3 heterocycles. The van der Waals surface area contributed by atoms with Crippen LogP contribution >= 0.6 is 0 Å². The second kappa shape index (κ2) is 7.97. The fourth-order valence-corrected chi connectivity index (χ4v) is 4.76. The van der Waals surface area contributed by atoms with Gasteiger partial charge in [-0.1, -0.05) is 19.1 Å². The number of carbonyl (C=O) groups excluding carboxylic acids is 1. The van der Waals surface area contributed by atoms with E-state index in [1.807, 2.05) is 19.1 Å². The molecule has 4 rings (SSSR count). The first-order valence-corrected chi connectivity index (χ1v) is 10.5. The van der Waals surface area contributed by atoms with Crippen molar-refractivity contribution in [2.24, 2.45) is 11.8 Å². The van der Waals surface area contributed by atoms with E-state index in [1.54, 1.807) is 6.07 Å². The Balaban J connectivity index is 1.53. The number of aromatic nitrogens is 1. The summed E-state index contributed by atoms with van der Waals surface area (Å²) in [4.78, 5) is 32.7. The summed E-state index contributed by atoms with van der Waals surface area (Å²) in [6, 6.07) is 7.12. The van der Waals surface area contributed by atoms with Gasteiger partial charge in [0, 0.05) is 54.9 Å². The third-order valence-corrected chi connectivity index (χ3v) is 6.27. The molecule has 154 valence electrons. The van der Waals surface area contributed by atoms with Crippen molar-refractivity contribution in [1.29, 1.82) is 0 Å². The first-order chi connectivity index (χ1) is 13.9. The van der Waals surface area contributed by atoms with Gasteiger partial charge in [-0.15, -0.1) is 0 Å². The molecular formula is C22H28N4O3. The van der Waals surface area contributed by atoms with Gasteiger partial charge in [0.05, 0.1) is 4.92 Å². The number of carbonyl (C=O) groups is 1. The Hall–Kier alpha value is -2.70. The summed E-state index contributed by atoms with van der Waals surface area (Å²) in [5.74, 6) is 0.984. The highest BCUT2D eigenvalue weighted by atomic mass is 16.6. The van der Waals surface area contributed by atoms with E-state index in [2.05, 4.69) is 21.7 Å². The van der Waals surface area contributed by atoms with Crippen LogP contribution in [0.4, 0.5) is 11.4 Å². The van der Waals surface area contributed by atoms with Crippen molar-refractivity contribution < 1.29 is 9.72 Å². The summed E-state index contributed by atoms with van der Waals surface area (Å²) >= 11 is 0. The molecule has 1 atom stereocenters. The van der Waals surface area contributed by atoms with E-state index < -0.39 is 0 Å². The zero-order chi connectivity index (χ0) is 20.5. The van der Waals surface area contributed by atoms with Gasteiger partial charge in [0.15, 0.2) is 5.52 Å². The van der Waals surface area contributed by atoms with Crippen LogP contribution in [-0.4, -0.2) is 46.9 Å². The van der Waals surface area contributed by atoms with Crippen molar-refractivity contribution in [3.63, 3.8) is 0 Å². The molecule has 29 heavy (non-hydrogen) atoms. The molecule has 2 saturated heterocycles. The van der Waals surface area contributed by atoms with Gasteiger partial charge < -0.3 is 9.80 Å². The summed E-state index contributed by atoms with van der Waals surface area (Å²) in [5, 5.41) is 12.2. The van der Waals surface area contributed by atoms with Gasteiger partial charge in [0.25, 0.3) is 5.69 Å². The van der Waals surface area contributed by atoms with E-state index in [0.29, 0.717) is 17.3 Å². The van der Waals surface area contributed by atoms with Crippen LogP contribution < -0.4 is 4.90 Å². The number of hydrogen-bond donors (Lipinski definition) is 0. The summed E-state index contributed by atoms with van der Waals surface area (Å²) in [6.45, 7) is 7.42. The lowest BCUT2D eigenvalue weighted by Crippen LogP contribution is -2.46. The van der Waals surface area contributed by atoms with Crippen molar-refractivity contribution in [3.8, 4) is 0 Å². The highest BCUT2D eigenvalue weighted by Crippen LogP contribution is 2.34. The van der Waals surface area contributed by atoms with Gasteiger partial charge in [-0.2, -0.15) is 0 Å². The predicted octanol–water partition coefficient (Wildman–Crippen LogP) is 3.93. The van der Waals surface area contributed by atoms with E-state index in [1.165, 1.54) is 12.5 Å². The number of hydrogen-bond acceptors (Lipinski definition) is 5. The second-order valence-corrected chi connectivity index (χ2v) is 8.51. The average molecular weight is 396 g/mol. The Morgan fingerprint density at radius 3 is 2.66 bits per heavy atom. The largest absolute Gasteiger partial charge is 0.371 e. The van der Waals surface area contributed by atoms with Crippen molar-refractivity contribution >= 4 is 28.2 Å². The lowest BCUT2D eigenvalue weighted by molar-refractivity contribution is -0.383. The summed E-state index contributed by atoms with van der Waals surface area (Å²) in [7, 11) is 0. The Morgan fingerprint density at radius 1 is 1.21 bits per heavy atom. The molecule has 1 aromatic heterocycles. The predicted molar refractivity (Wildman–Crippen MR) is 113 cm³/mol. The van der Waals surface area contributed by atoms with Crippen molar-refractivity contribution in [2.75, 3.05) is 31.1 Å². The van der Waals surface area contributed by atoms with Crippen molar-refractivity contribution in [3.05, 3.63) is 40.1 Å². The molecule has 2 aliphatic heterocycles. The molecule has 2 aliphatic rings. The Morgan fingerprint density at radius 2 is 1.97 bits per heavy atom. The molecule has 0 spiro atoms. The van der Waals surface area contributed by atoms with E-state index in [0.717, 1.165) is 62.2 Å².